The normalized spacial score (nSPS) is 32.4. The number of hydrogen-bond donors (Lipinski definition) is 2. The average Bonchev–Trinajstić information content (AvgIpc) is 2.90. The summed E-state index contributed by atoms with van der Waals surface area (Å²) in [5.74, 6) is 1.59. The van der Waals surface area contributed by atoms with Gasteiger partial charge in [-0.25, -0.2) is 0 Å². The number of aliphatic imine (C=N–C) groups is 1. The second kappa shape index (κ2) is 9.74. The van der Waals surface area contributed by atoms with E-state index in [-0.39, 0.29) is 0 Å². The molecule has 0 amide bonds. The second-order valence-corrected chi connectivity index (χ2v) is 8.15. The molecule has 0 radical (unpaired) electrons. The van der Waals surface area contributed by atoms with E-state index in [1.54, 1.807) is 0 Å². The molecule has 146 valence electrons. The Morgan fingerprint density at radius 2 is 1.80 bits per heavy atom. The number of nitrogens with one attached hydrogen (secondary N) is 2. The third-order valence-corrected chi connectivity index (χ3v) is 5.36. The Hall–Kier alpha value is -0.850. The molecule has 4 unspecified atom stereocenters. The average molecular weight is 354 g/mol. The standard InChI is InChI=1S/C19H39N5O/c1-14(2)24-10-15(3)18(13-24)22-19(20-6)21-8-7-9-23-11-16(4)25-17(5)12-23/h14-18H,7-13H2,1-6H3,(H2,20,21,22). The van der Waals surface area contributed by atoms with E-state index in [4.69, 9.17) is 4.74 Å². The van der Waals surface area contributed by atoms with Gasteiger partial charge < -0.3 is 15.4 Å². The van der Waals surface area contributed by atoms with Crippen LogP contribution in [0.3, 0.4) is 0 Å². The highest BCUT2D eigenvalue weighted by Gasteiger charge is 2.31. The molecule has 6 heteroatoms. The molecule has 0 aromatic heterocycles. The molecule has 4 atom stereocenters. The SMILES string of the molecule is CN=C(NCCCN1CC(C)OC(C)C1)NC1CN(C(C)C)CC1C. The smallest absolute Gasteiger partial charge is 0.191 e. The molecule has 2 rings (SSSR count). The van der Waals surface area contributed by atoms with Crippen molar-refractivity contribution in [3.63, 3.8) is 0 Å². The van der Waals surface area contributed by atoms with E-state index in [0.717, 1.165) is 45.1 Å². The summed E-state index contributed by atoms with van der Waals surface area (Å²) in [5, 5.41) is 7.10. The zero-order valence-electron chi connectivity index (χ0n) is 17.1. The second-order valence-electron chi connectivity index (χ2n) is 8.15. The zero-order valence-corrected chi connectivity index (χ0v) is 17.1. The fourth-order valence-corrected chi connectivity index (χ4v) is 3.96. The van der Waals surface area contributed by atoms with Crippen LogP contribution in [-0.4, -0.2) is 86.4 Å². The van der Waals surface area contributed by atoms with Crippen LogP contribution >= 0.6 is 0 Å². The Kier molecular flexibility index (Phi) is 7.97. The monoisotopic (exact) mass is 353 g/mol. The van der Waals surface area contributed by atoms with Gasteiger partial charge in [-0.1, -0.05) is 6.92 Å². The van der Waals surface area contributed by atoms with E-state index in [1.807, 2.05) is 7.05 Å². The summed E-state index contributed by atoms with van der Waals surface area (Å²) in [6.45, 7) is 17.6. The highest BCUT2D eigenvalue weighted by Crippen LogP contribution is 2.18. The summed E-state index contributed by atoms with van der Waals surface area (Å²) in [7, 11) is 1.86. The first-order chi connectivity index (χ1) is 11.9. The maximum absolute atomic E-state index is 5.80. The van der Waals surface area contributed by atoms with Crippen LogP contribution in [0.1, 0.15) is 41.0 Å². The van der Waals surface area contributed by atoms with E-state index in [9.17, 15) is 0 Å². The Morgan fingerprint density at radius 3 is 2.36 bits per heavy atom. The largest absolute Gasteiger partial charge is 0.373 e. The summed E-state index contributed by atoms with van der Waals surface area (Å²) in [6, 6.07) is 1.09. The lowest BCUT2D eigenvalue weighted by Crippen LogP contribution is -2.48. The lowest BCUT2D eigenvalue weighted by atomic mass is 10.1. The number of guanidine groups is 1. The molecule has 2 aliphatic rings. The number of hydrogen-bond acceptors (Lipinski definition) is 4. The number of morpholine rings is 1. The van der Waals surface area contributed by atoms with E-state index < -0.39 is 0 Å². The number of likely N-dealkylation sites (tertiary alicyclic amines) is 1. The maximum Gasteiger partial charge on any atom is 0.191 e. The van der Waals surface area contributed by atoms with E-state index in [1.165, 1.54) is 6.54 Å². The van der Waals surface area contributed by atoms with Gasteiger partial charge in [0.25, 0.3) is 0 Å². The lowest BCUT2D eigenvalue weighted by Gasteiger charge is -2.35. The van der Waals surface area contributed by atoms with E-state index >= 15 is 0 Å². The van der Waals surface area contributed by atoms with Gasteiger partial charge in [0, 0.05) is 58.4 Å². The molecule has 0 bridgehead atoms. The Labute approximate surface area is 154 Å². The van der Waals surface area contributed by atoms with Gasteiger partial charge in [-0.3, -0.25) is 14.8 Å². The van der Waals surface area contributed by atoms with Crippen molar-refractivity contribution in [2.24, 2.45) is 10.9 Å². The van der Waals surface area contributed by atoms with Crippen LogP contribution in [0.2, 0.25) is 0 Å². The molecular weight excluding hydrogens is 314 g/mol. The Bertz CT molecular complexity index is 418. The van der Waals surface area contributed by atoms with E-state index in [0.29, 0.717) is 30.2 Å². The van der Waals surface area contributed by atoms with Crippen LogP contribution in [0.25, 0.3) is 0 Å². The third kappa shape index (κ3) is 6.42. The molecule has 2 saturated heterocycles. The highest BCUT2D eigenvalue weighted by atomic mass is 16.5. The summed E-state index contributed by atoms with van der Waals surface area (Å²) < 4.78 is 5.80. The van der Waals surface area contributed by atoms with Crippen LogP contribution in [0.15, 0.2) is 4.99 Å². The molecule has 0 aliphatic carbocycles. The predicted molar refractivity (Wildman–Crippen MR) is 105 cm³/mol. The first-order valence-electron chi connectivity index (χ1n) is 9.98. The lowest BCUT2D eigenvalue weighted by molar-refractivity contribution is -0.0679. The third-order valence-electron chi connectivity index (χ3n) is 5.36. The number of nitrogens with zero attached hydrogens (tertiary/aromatic N) is 3. The fraction of sp³-hybridized carbons (Fsp3) is 0.947. The van der Waals surface area contributed by atoms with Crippen LogP contribution in [0.5, 0.6) is 0 Å². The van der Waals surface area contributed by atoms with Gasteiger partial charge in [-0.15, -0.1) is 0 Å². The molecular formula is C19H39N5O. The van der Waals surface area contributed by atoms with Crippen LogP contribution in [0.4, 0.5) is 0 Å². The van der Waals surface area contributed by atoms with Crippen molar-refractivity contribution < 1.29 is 4.74 Å². The summed E-state index contributed by atoms with van der Waals surface area (Å²) in [5.41, 5.74) is 0. The van der Waals surface area contributed by atoms with Gasteiger partial charge in [0.1, 0.15) is 0 Å². The molecule has 0 aromatic rings. The molecule has 25 heavy (non-hydrogen) atoms. The zero-order chi connectivity index (χ0) is 18.4. The van der Waals surface area contributed by atoms with Crippen molar-refractivity contribution >= 4 is 5.96 Å². The first-order valence-corrected chi connectivity index (χ1v) is 9.98. The molecule has 2 aliphatic heterocycles. The van der Waals surface area contributed by atoms with Gasteiger partial charge in [0.2, 0.25) is 0 Å². The predicted octanol–water partition coefficient (Wildman–Crippen LogP) is 1.38. The van der Waals surface area contributed by atoms with Crippen LogP contribution in [0, 0.1) is 5.92 Å². The molecule has 0 saturated carbocycles. The Morgan fingerprint density at radius 1 is 1.12 bits per heavy atom. The van der Waals surface area contributed by atoms with Crippen molar-refractivity contribution in [1.82, 2.24) is 20.4 Å². The van der Waals surface area contributed by atoms with Gasteiger partial charge in [0.05, 0.1) is 12.2 Å². The minimum absolute atomic E-state index is 0.346. The minimum Gasteiger partial charge on any atom is -0.373 e. The number of rotatable bonds is 6. The topological polar surface area (TPSA) is 52.1 Å². The molecule has 0 aromatic carbocycles. The summed E-state index contributed by atoms with van der Waals surface area (Å²) in [4.78, 5) is 9.45. The van der Waals surface area contributed by atoms with Crippen molar-refractivity contribution in [2.45, 2.75) is 65.3 Å². The minimum atomic E-state index is 0.346. The van der Waals surface area contributed by atoms with Crippen molar-refractivity contribution in [3.05, 3.63) is 0 Å². The van der Waals surface area contributed by atoms with Crippen LogP contribution in [-0.2, 0) is 4.74 Å². The number of ether oxygens (including phenoxy) is 1. The quantitative estimate of drug-likeness (QED) is 0.429. The van der Waals surface area contributed by atoms with Crippen LogP contribution < -0.4 is 10.6 Å². The molecule has 2 N–H and O–H groups in total. The van der Waals surface area contributed by atoms with Gasteiger partial charge >= 0.3 is 0 Å². The van der Waals surface area contributed by atoms with Crippen molar-refractivity contribution in [1.29, 1.82) is 0 Å². The molecule has 6 nitrogen and oxygen atoms in total. The van der Waals surface area contributed by atoms with E-state index in [2.05, 4.69) is 60.0 Å². The van der Waals surface area contributed by atoms with Gasteiger partial charge in [-0.05, 0) is 40.0 Å². The molecule has 2 fully saturated rings. The fourth-order valence-electron chi connectivity index (χ4n) is 3.96. The van der Waals surface area contributed by atoms with Gasteiger partial charge in [-0.2, -0.15) is 0 Å². The maximum atomic E-state index is 5.80. The molecule has 0 spiro atoms. The van der Waals surface area contributed by atoms with Gasteiger partial charge in [0.15, 0.2) is 5.96 Å². The summed E-state index contributed by atoms with van der Waals surface area (Å²) >= 11 is 0. The first kappa shape index (κ1) is 20.5. The van der Waals surface area contributed by atoms with Crippen molar-refractivity contribution in [3.8, 4) is 0 Å². The Balaban J connectivity index is 1.67. The summed E-state index contributed by atoms with van der Waals surface area (Å²) in [6.07, 6.45) is 1.82. The highest BCUT2D eigenvalue weighted by molar-refractivity contribution is 5.80. The molecule has 2 heterocycles. The van der Waals surface area contributed by atoms with Crippen molar-refractivity contribution in [2.75, 3.05) is 46.3 Å².